The summed E-state index contributed by atoms with van der Waals surface area (Å²) in [5.41, 5.74) is 1.47. The van der Waals surface area contributed by atoms with Gasteiger partial charge in [-0.2, -0.15) is 0 Å². The van der Waals surface area contributed by atoms with E-state index in [0.717, 1.165) is 18.5 Å². The van der Waals surface area contributed by atoms with Crippen molar-refractivity contribution in [2.24, 2.45) is 5.92 Å². The van der Waals surface area contributed by atoms with Crippen LogP contribution in [0.5, 0.6) is 0 Å². The molecule has 0 saturated heterocycles. The van der Waals surface area contributed by atoms with Gasteiger partial charge in [-0.1, -0.05) is 44.2 Å². The Morgan fingerprint density at radius 3 is 2.44 bits per heavy atom. The van der Waals surface area contributed by atoms with Gasteiger partial charge in [0.05, 0.1) is 0 Å². The minimum absolute atomic E-state index is 0.668. The van der Waals surface area contributed by atoms with Crippen molar-refractivity contribution < 1.29 is 0 Å². The molecule has 1 nitrogen and oxygen atoms in total. The van der Waals surface area contributed by atoms with Gasteiger partial charge in [0.15, 0.2) is 0 Å². The zero-order valence-electron chi connectivity index (χ0n) is 11.9. The van der Waals surface area contributed by atoms with E-state index in [1.54, 1.807) is 0 Å². The van der Waals surface area contributed by atoms with Crippen LogP contribution in [0.1, 0.15) is 57.4 Å². The lowest BCUT2D eigenvalue weighted by molar-refractivity contribution is 0.305. The molecule has 0 spiro atoms. The van der Waals surface area contributed by atoms with E-state index in [-0.39, 0.29) is 0 Å². The molecule has 1 fully saturated rings. The third kappa shape index (κ3) is 4.13. The Bertz CT molecular complexity index is 325. The standard InChI is InChI=1S/C17H27N/c1-14-8-10-17(11-9-14)18-13-12-15(2)16-6-4-3-5-7-16/h3-7,14-15,17-18H,8-13H2,1-2H3. The summed E-state index contributed by atoms with van der Waals surface area (Å²) < 4.78 is 0. The summed E-state index contributed by atoms with van der Waals surface area (Å²) >= 11 is 0. The number of rotatable bonds is 5. The molecule has 0 amide bonds. The summed E-state index contributed by atoms with van der Waals surface area (Å²) in [4.78, 5) is 0. The lowest BCUT2D eigenvalue weighted by Gasteiger charge is -2.27. The summed E-state index contributed by atoms with van der Waals surface area (Å²) in [7, 11) is 0. The first-order valence-corrected chi connectivity index (χ1v) is 7.54. The monoisotopic (exact) mass is 245 g/mol. The van der Waals surface area contributed by atoms with Crippen molar-refractivity contribution >= 4 is 0 Å². The number of hydrogen-bond donors (Lipinski definition) is 1. The number of nitrogens with one attached hydrogen (secondary N) is 1. The van der Waals surface area contributed by atoms with Crippen LogP contribution in [0.25, 0.3) is 0 Å². The second-order valence-corrected chi connectivity index (χ2v) is 6.01. The third-order valence-corrected chi connectivity index (χ3v) is 4.39. The molecule has 0 aliphatic heterocycles. The lowest BCUT2D eigenvalue weighted by atomic mass is 9.87. The summed E-state index contributed by atoms with van der Waals surface area (Å²) in [6.07, 6.45) is 6.82. The Balaban J connectivity index is 1.66. The first-order valence-electron chi connectivity index (χ1n) is 7.54. The van der Waals surface area contributed by atoms with E-state index in [1.807, 2.05) is 0 Å². The SMILES string of the molecule is CC1CCC(NCCC(C)c2ccccc2)CC1. The lowest BCUT2D eigenvalue weighted by Crippen LogP contribution is -2.33. The predicted octanol–water partition coefficient (Wildman–Crippen LogP) is 4.35. The Morgan fingerprint density at radius 2 is 1.78 bits per heavy atom. The van der Waals surface area contributed by atoms with Gasteiger partial charge in [0.25, 0.3) is 0 Å². The van der Waals surface area contributed by atoms with Crippen LogP contribution in [0.2, 0.25) is 0 Å². The van der Waals surface area contributed by atoms with Crippen molar-refractivity contribution in [3.63, 3.8) is 0 Å². The van der Waals surface area contributed by atoms with Gasteiger partial charge in [0.1, 0.15) is 0 Å². The van der Waals surface area contributed by atoms with Crippen molar-refractivity contribution in [3.8, 4) is 0 Å². The Hall–Kier alpha value is -0.820. The van der Waals surface area contributed by atoms with Crippen LogP contribution in [0, 0.1) is 5.92 Å². The van der Waals surface area contributed by atoms with Gasteiger partial charge in [-0.25, -0.2) is 0 Å². The van der Waals surface area contributed by atoms with E-state index < -0.39 is 0 Å². The zero-order valence-corrected chi connectivity index (χ0v) is 11.9. The minimum atomic E-state index is 0.668. The van der Waals surface area contributed by atoms with Gasteiger partial charge in [-0.05, 0) is 56.0 Å². The smallest absolute Gasteiger partial charge is 0.00672 e. The fraction of sp³-hybridized carbons (Fsp3) is 0.647. The number of benzene rings is 1. The largest absolute Gasteiger partial charge is 0.314 e. The molecular weight excluding hydrogens is 218 g/mol. The van der Waals surface area contributed by atoms with Gasteiger partial charge in [0.2, 0.25) is 0 Å². The van der Waals surface area contributed by atoms with Crippen LogP contribution in [-0.2, 0) is 0 Å². The molecule has 1 N–H and O–H groups in total. The molecule has 1 aliphatic rings. The molecule has 1 heteroatoms. The molecule has 1 aromatic carbocycles. The van der Waals surface area contributed by atoms with E-state index in [1.165, 1.54) is 37.7 Å². The van der Waals surface area contributed by atoms with Crippen molar-refractivity contribution in [2.75, 3.05) is 6.54 Å². The summed E-state index contributed by atoms with van der Waals surface area (Å²) in [6.45, 7) is 5.88. The summed E-state index contributed by atoms with van der Waals surface area (Å²) in [5, 5.41) is 3.74. The molecule has 2 rings (SSSR count). The average molecular weight is 245 g/mol. The van der Waals surface area contributed by atoms with Gasteiger partial charge in [-0.3, -0.25) is 0 Å². The predicted molar refractivity (Wildman–Crippen MR) is 78.9 cm³/mol. The highest BCUT2D eigenvalue weighted by molar-refractivity contribution is 5.18. The van der Waals surface area contributed by atoms with E-state index in [0.29, 0.717) is 5.92 Å². The zero-order chi connectivity index (χ0) is 12.8. The molecule has 100 valence electrons. The quantitative estimate of drug-likeness (QED) is 0.813. The molecular formula is C17H27N. The van der Waals surface area contributed by atoms with Crippen LogP contribution >= 0.6 is 0 Å². The highest BCUT2D eigenvalue weighted by atomic mass is 14.9. The van der Waals surface area contributed by atoms with Crippen molar-refractivity contribution in [1.29, 1.82) is 0 Å². The highest BCUT2D eigenvalue weighted by Gasteiger charge is 2.17. The van der Waals surface area contributed by atoms with Crippen LogP contribution in [-0.4, -0.2) is 12.6 Å². The van der Waals surface area contributed by atoms with Gasteiger partial charge in [0, 0.05) is 6.04 Å². The molecule has 1 unspecified atom stereocenters. The molecule has 0 radical (unpaired) electrons. The molecule has 0 bridgehead atoms. The maximum absolute atomic E-state index is 3.74. The van der Waals surface area contributed by atoms with E-state index in [9.17, 15) is 0 Å². The molecule has 0 heterocycles. The Morgan fingerprint density at radius 1 is 1.11 bits per heavy atom. The second kappa shape index (κ2) is 6.94. The van der Waals surface area contributed by atoms with E-state index in [4.69, 9.17) is 0 Å². The van der Waals surface area contributed by atoms with Crippen LogP contribution < -0.4 is 5.32 Å². The van der Waals surface area contributed by atoms with E-state index in [2.05, 4.69) is 49.5 Å². The van der Waals surface area contributed by atoms with Gasteiger partial charge < -0.3 is 5.32 Å². The first-order chi connectivity index (χ1) is 8.75. The second-order valence-electron chi connectivity index (χ2n) is 6.01. The summed E-state index contributed by atoms with van der Waals surface area (Å²) in [5.74, 6) is 1.62. The van der Waals surface area contributed by atoms with Crippen LogP contribution in [0.4, 0.5) is 0 Å². The van der Waals surface area contributed by atoms with Gasteiger partial charge >= 0.3 is 0 Å². The fourth-order valence-corrected chi connectivity index (χ4v) is 2.92. The first kappa shape index (κ1) is 13.6. The maximum atomic E-state index is 3.74. The molecule has 1 aliphatic carbocycles. The van der Waals surface area contributed by atoms with Crippen LogP contribution in [0.15, 0.2) is 30.3 Å². The highest BCUT2D eigenvalue weighted by Crippen LogP contribution is 2.24. The molecule has 1 aromatic rings. The molecule has 1 saturated carbocycles. The topological polar surface area (TPSA) is 12.0 Å². The van der Waals surface area contributed by atoms with Crippen LogP contribution in [0.3, 0.4) is 0 Å². The van der Waals surface area contributed by atoms with Gasteiger partial charge in [-0.15, -0.1) is 0 Å². The molecule has 18 heavy (non-hydrogen) atoms. The van der Waals surface area contributed by atoms with Crippen molar-refractivity contribution in [3.05, 3.63) is 35.9 Å². The molecule has 0 aromatic heterocycles. The van der Waals surface area contributed by atoms with Crippen molar-refractivity contribution in [1.82, 2.24) is 5.32 Å². The van der Waals surface area contributed by atoms with E-state index >= 15 is 0 Å². The average Bonchev–Trinajstić information content (AvgIpc) is 2.42. The normalized spacial score (nSPS) is 25.9. The summed E-state index contributed by atoms with van der Waals surface area (Å²) in [6, 6.07) is 11.6. The molecule has 1 atom stereocenters. The Labute approximate surface area is 112 Å². The maximum Gasteiger partial charge on any atom is 0.00672 e. The Kier molecular flexibility index (Phi) is 5.25. The third-order valence-electron chi connectivity index (χ3n) is 4.39. The minimum Gasteiger partial charge on any atom is -0.314 e. The number of hydrogen-bond acceptors (Lipinski definition) is 1. The fourth-order valence-electron chi connectivity index (χ4n) is 2.92. The van der Waals surface area contributed by atoms with Crippen molar-refractivity contribution in [2.45, 2.75) is 57.9 Å².